The predicted octanol–water partition coefficient (Wildman–Crippen LogP) is 0.562. The average Bonchev–Trinajstić information content (AvgIpc) is 2.28. The summed E-state index contributed by atoms with van der Waals surface area (Å²) in [5, 5.41) is 2.54. The molecule has 7 heteroatoms. The molecule has 1 rings (SSSR count). The van der Waals surface area contributed by atoms with Crippen molar-refractivity contribution in [3.8, 4) is 5.75 Å². The van der Waals surface area contributed by atoms with Crippen LogP contribution in [-0.4, -0.2) is 28.5 Å². The first-order chi connectivity index (χ1) is 7.90. The van der Waals surface area contributed by atoms with E-state index >= 15 is 0 Å². The van der Waals surface area contributed by atoms with Crippen LogP contribution in [0.15, 0.2) is 23.1 Å². The Kier molecular flexibility index (Phi) is 4.08. The van der Waals surface area contributed by atoms with Crippen LogP contribution in [0.5, 0.6) is 5.75 Å². The lowest BCUT2D eigenvalue weighted by atomic mass is 10.3. The Morgan fingerprint density at radius 3 is 2.47 bits per heavy atom. The van der Waals surface area contributed by atoms with E-state index < -0.39 is 10.0 Å². The number of anilines is 1. The minimum atomic E-state index is -3.52. The van der Waals surface area contributed by atoms with Crippen LogP contribution in [0.25, 0.3) is 0 Å². The molecule has 0 fully saturated rings. The molecule has 0 aliphatic rings. The van der Waals surface area contributed by atoms with Crippen molar-refractivity contribution in [2.75, 3.05) is 19.5 Å². The summed E-state index contributed by atoms with van der Waals surface area (Å²) in [6, 6.07) is 4.21. The number of methoxy groups -OCH3 is 1. The molecule has 0 unspecified atom stereocenters. The van der Waals surface area contributed by atoms with Crippen LogP contribution in [-0.2, 0) is 14.8 Å². The van der Waals surface area contributed by atoms with Crippen molar-refractivity contribution in [1.82, 2.24) is 4.72 Å². The van der Waals surface area contributed by atoms with E-state index in [-0.39, 0.29) is 16.6 Å². The topological polar surface area (TPSA) is 84.5 Å². The van der Waals surface area contributed by atoms with Crippen LogP contribution in [0.1, 0.15) is 6.92 Å². The number of sulfonamides is 1. The third-order valence-corrected chi connectivity index (χ3v) is 3.47. The van der Waals surface area contributed by atoms with Gasteiger partial charge in [0.15, 0.2) is 0 Å². The summed E-state index contributed by atoms with van der Waals surface area (Å²) in [4.78, 5) is 11.0. The third-order valence-electron chi connectivity index (χ3n) is 2.06. The van der Waals surface area contributed by atoms with E-state index in [9.17, 15) is 13.2 Å². The summed E-state index contributed by atoms with van der Waals surface area (Å²) in [7, 11) is -0.797. The molecular weight excluding hydrogens is 244 g/mol. The van der Waals surface area contributed by atoms with Crippen LogP contribution in [0.3, 0.4) is 0 Å². The lowest BCUT2D eigenvalue weighted by Gasteiger charge is -2.10. The minimum absolute atomic E-state index is 0.0750. The maximum Gasteiger partial charge on any atom is 0.240 e. The molecule has 1 amide bonds. The van der Waals surface area contributed by atoms with E-state index in [4.69, 9.17) is 4.74 Å². The number of benzene rings is 1. The summed E-state index contributed by atoms with van der Waals surface area (Å²) in [5.74, 6) is 0.0315. The van der Waals surface area contributed by atoms with E-state index in [1.54, 1.807) is 0 Å². The Hall–Kier alpha value is -1.60. The summed E-state index contributed by atoms with van der Waals surface area (Å²) in [5.41, 5.74) is 0.426. The van der Waals surface area contributed by atoms with Gasteiger partial charge in [-0.2, -0.15) is 0 Å². The number of carbonyl (C=O) groups is 1. The van der Waals surface area contributed by atoms with Crippen molar-refractivity contribution in [3.63, 3.8) is 0 Å². The first-order valence-electron chi connectivity index (χ1n) is 4.80. The Balaban J connectivity index is 3.22. The maximum atomic E-state index is 11.5. The Labute approximate surface area is 100 Å². The van der Waals surface area contributed by atoms with Gasteiger partial charge in [0.05, 0.1) is 17.7 Å². The van der Waals surface area contributed by atoms with Crippen LogP contribution < -0.4 is 14.8 Å². The first-order valence-corrected chi connectivity index (χ1v) is 6.28. The lowest BCUT2D eigenvalue weighted by molar-refractivity contribution is -0.114. The molecule has 0 aliphatic heterocycles. The van der Waals surface area contributed by atoms with E-state index in [0.29, 0.717) is 5.69 Å². The molecule has 0 saturated carbocycles. The molecule has 94 valence electrons. The summed E-state index contributed by atoms with van der Waals surface area (Å²) < 4.78 is 30.3. The predicted molar refractivity (Wildman–Crippen MR) is 63.5 cm³/mol. The van der Waals surface area contributed by atoms with Crippen LogP contribution >= 0.6 is 0 Å². The van der Waals surface area contributed by atoms with E-state index in [2.05, 4.69) is 10.0 Å². The van der Waals surface area contributed by atoms with Gasteiger partial charge in [0.1, 0.15) is 5.75 Å². The van der Waals surface area contributed by atoms with Crippen molar-refractivity contribution in [2.45, 2.75) is 11.8 Å². The molecule has 17 heavy (non-hydrogen) atoms. The van der Waals surface area contributed by atoms with Gasteiger partial charge in [-0.05, 0) is 19.2 Å². The zero-order valence-corrected chi connectivity index (χ0v) is 10.6. The number of nitrogens with one attached hydrogen (secondary N) is 2. The van der Waals surface area contributed by atoms with Gasteiger partial charge in [0, 0.05) is 13.0 Å². The van der Waals surface area contributed by atoms with Gasteiger partial charge in [0.2, 0.25) is 15.9 Å². The van der Waals surface area contributed by atoms with Crippen molar-refractivity contribution in [1.29, 1.82) is 0 Å². The van der Waals surface area contributed by atoms with Gasteiger partial charge in [-0.25, -0.2) is 13.1 Å². The van der Waals surface area contributed by atoms with Gasteiger partial charge in [-0.15, -0.1) is 0 Å². The van der Waals surface area contributed by atoms with Gasteiger partial charge in [-0.1, -0.05) is 0 Å². The largest absolute Gasteiger partial charge is 0.495 e. The molecule has 0 heterocycles. The second kappa shape index (κ2) is 5.15. The van der Waals surface area contributed by atoms with Crippen molar-refractivity contribution >= 4 is 21.6 Å². The standard InChI is InChI=1S/C10H14N2O4S/c1-7(13)12-9-5-4-8(6-10(9)16-3)17(14,15)11-2/h4-6,11H,1-3H3,(H,12,13). The molecule has 1 aromatic rings. The molecule has 0 saturated heterocycles. The summed E-state index contributed by atoms with van der Waals surface area (Å²) in [6.45, 7) is 1.36. The molecule has 0 spiro atoms. The molecule has 1 aromatic carbocycles. The van der Waals surface area contributed by atoms with Crippen molar-refractivity contribution < 1.29 is 17.9 Å². The number of amides is 1. The van der Waals surface area contributed by atoms with Crippen LogP contribution in [0, 0.1) is 0 Å². The number of carbonyl (C=O) groups excluding carboxylic acids is 1. The normalized spacial score (nSPS) is 11.0. The smallest absolute Gasteiger partial charge is 0.240 e. The first kappa shape index (κ1) is 13.5. The highest BCUT2D eigenvalue weighted by Crippen LogP contribution is 2.27. The van der Waals surface area contributed by atoms with Crippen LogP contribution in [0.4, 0.5) is 5.69 Å². The van der Waals surface area contributed by atoms with Gasteiger partial charge < -0.3 is 10.1 Å². The molecule has 2 N–H and O–H groups in total. The molecule has 6 nitrogen and oxygen atoms in total. The quantitative estimate of drug-likeness (QED) is 0.826. The van der Waals surface area contributed by atoms with E-state index in [1.807, 2.05) is 0 Å². The zero-order chi connectivity index (χ0) is 13.1. The van der Waals surface area contributed by atoms with Crippen molar-refractivity contribution in [3.05, 3.63) is 18.2 Å². The Morgan fingerprint density at radius 1 is 1.35 bits per heavy atom. The Bertz CT molecular complexity index is 525. The highest BCUT2D eigenvalue weighted by molar-refractivity contribution is 7.89. The fourth-order valence-electron chi connectivity index (χ4n) is 1.25. The number of hydrogen-bond acceptors (Lipinski definition) is 4. The highest BCUT2D eigenvalue weighted by atomic mass is 32.2. The van der Waals surface area contributed by atoms with E-state index in [0.717, 1.165) is 0 Å². The molecule has 0 radical (unpaired) electrons. The monoisotopic (exact) mass is 258 g/mol. The number of ether oxygens (including phenoxy) is 1. The highest BCUT2D eigenvalue weighted by Gasteiger charge is 2.14. The second-order valence-electron chi connectivity index (χ2n) is 3.25. The van der Waals surface area contributed by atoms with Gasteiger partial charge >= 0.3 is 0 Å². The third kappa shape index (κ3) is 3.18. The van der Waals surface area contributed by atoms with Gasteiger partial charge in [-0.3, -0.25) is 4.79 Å². The molecular formula is C10H14N2O4S. The minimum Gasteiger partial charge on any atom is -0.495 e. The van der Waals surface area contributed by atoms with Crippen molar-refractivity contribution in [2.24, 2.45) is 0 Å². The number of hydrogen-bond donors (Lipinski definition) is 2. The molecule has 0 aromatic heterocycles. The molecule has 0 aliphatic carbocycles. The van der Waals surface area contributed by atoms with E-state index in [1.165, 1.54) is 39.3 Å². The maximum absolute atomic E-state index is 11.5. The second-order valence-corrected chi connectivity index (χ2v) is 5.14. The lowest BCUT2D eigenvalue weighted by Crippen LogP contribution is -2.18. The molecule has 0 bridgehead atoms. The van der Waals surface area contributed by atoms with Gasteiger partial charge in [0.25, 0.3) is 0 Å². The number of rotatable bonds is 4. The SMILES string of the molecule is CNS(=O)(=O)c1ccc(NC(C)=O)c(OC)c1. The summed E-state index contributed by atoms with van der Waals surface area (Å²) in [6.07, 6.45) is 0. The zero-order valence-electron chi connectivity index (χ0n) is 9.77. The fourth-order valence-corrected chi connectivity index (χ4v) is 1.99. The fraction of sp³-hybridized carbons (Fsp3) is 0.300. The average molecular weight is 258 g/mol. The summed E-state index contributed by atoms with van der Waals surface area (Å²) >= 11 is 0. The Morgan fingerprint density at radius 2 is 2.00 bits per heavy atom. The van der Waals surface area contributed by atoms with Crippen LogP contribution in [0.2, 0.25) is 0 Å². The molecule has 0 atom stereocenters.